The van der Waals surface area contributed by atoms with Crippen molar-refractivity contribution in [1.82, 2.24) is 4.98 Å². The van der Waals surface area contributed by atoms with Gasteiger partial charge in [-0.25, -0.2) is 4.39 Å². The lowest BCUT2D eigenvalue weighted by atomic mass is 10.0. The van der Waals surface area contributed by atoms with Gasteiger partial charge in [-0.15, -0.1) is 0 Å². The highest BCUT2D eigenvalue weighted by atomic mass is 19.1. The Balaban J connectivity index is 2.66. The Morgan fingerprint density at radius 3 is 2.82 bits per heavy atom. The lowest BCUT2D eigenvalue weighted by Gasteiger charge is -2.20. The molecule has 0 aliphatic rings. The summed E-state index contributed by atoms with van der Waals surface area (Å²) in [6.07, 6.45) is 1.02. The van der Waals surface area contributed by atoms with Crippen LogP contribution in [0.5, 0.6) is 0 Å². The van der Waals surface area contributed by atoms with Crippen molar-refractivity contribution in [1.29, 1.82) is 0 Å². The van der Waals surface area contributed by atoms with Crippen molar-refractivity contribution < 1.29 is 13.9 Å². The summed E-state index contributed by atoms with van der Waals surface area (Å²) >= 11 is 0. The molecule has 1 unspecified atom stereocenters. The molecule has 2 rings (SSSR count). The first-order chi connectivity index (χ1) is 10.5. The van der Waals surface area contributed by atoms with Crippen LogP contribution in [0.4, 0.5) is 10.1 Å². The van der Waals surface area contributed by atoms with Gasteiger partial charge in [0.05, 0.1) is 19.0 Å². The zero-order valence-corrected chi connectivity index (χ0v) is 13.4. The van der Waals surface area contributed by atoms with Crippen LogP contribution in [0.1, 0.15) is 31.5 Å². The highest BCUT2D eigenvalue weighted by Gasteiger charge is 2.17. The molecule has 1 atom stereocenters. The molecule has 0 saturated carbocycles. The molecule has 0 fully saturated rings. The Morgan fingerprint density at radius 1 is 1.45 bits per heavy atom. The van der Waals surface area contributed by atoms with E-state index in [-0.39, 0.29) is 24.2 Å². The Labute approximate surface area is 129 Å². The molecule has 118 valence electrons. The van der Waals surface area contributed by atoms with Crippen LogP contribution in [-0.2, 0) is 16.0 Å². The highest BCUT2D eigenvalue weighted by molar-refractivity contribution is 5.95. The SMILES string of the molecule is CCC(C)Nc1c(CC(=O)OC)c(C)nc2ccc(F)cc12. The molecule has 1 aromatic carbocycles. The number of aromatic nitrogens is 1. The zero-order chi connectivity index (χ0) is 16.3. The van der Waals surface area contributed by atoms with E-state index in [2.05, 4.69) is 17.2 Å². The maximum Gasteiger partial charge on any atom is 0.310 e. The summed E-state index contributed by atoms with van der Waals surface area (Å²) in [6, 6.07) is 4.70. The molecule has 0 saturated heterocycles. The highest BCUT2D eigenvalue weighted by Crippen LogP contribution is 2.30. The van der Waals surface area contributed by atoms with Crippen LogP contribution in [0.3, 0.4) is 0 Å². The molecule has 0 amide bonds. The number of methoxy groups -OCH3 is 1. The number of carbonyl (C=O) groups is 1. The van der Waals surface area contributed by atoms with Gasteiger partial charge in [-0.2, -0.15) is 0 Å². The summed E-state index contributed by atoms with van der Waals surface area (Å²) in [5.41, 5.74) is 2.97. The molecule has 0 aliphatic carbocycles. The van der Waals surface area contributed by atoms with Gasteiger partial charge in [0.25, 0.3) is 0 Å². The van der Waals surface area contributed by atoms with E-state index >= 15 is 0 Å². The average molecular weight is 304 g/mol. The molecule has 4 nitrogen and oxygen atoms in total. The molecule has 0 spiro atoms. The van der Waals surface area contributed by atoms with Crippen molar-refractivity contribution >= 4 is 22.6 Å². The number of rotatable bonds is 5. The van der Waals surface area contributed by atoms with Crippen molar-refractivity contribution in [2.24, 2.45) is 0 Å². The number of nitrogens with zero attached hydrogens (tertiary/aromatic N) is 1. The third kappa shape index (κ3) is 3.35. The molecule has 0 aliphatic heterocycles. The van der Waals surface area contributed by atoms with Gasteiger partial charge in [-0.3, -0.25) is 9.78 Å². The summed E-state index contributed by atoms with van der Waals surface area (Å²) in [5, 5.41) is 4.07. The zero-order valence-electron chi connectivity index (χ0n) is 13.4. The van der Waals surface area contributed by atoms with Crippen molar-refractivity contribution in [2.45, 2.75) is 39.7 Å². The largest absolute Gasteiger partial charge is 0.469 e. The van der Waals surface area contributed by atoms with Gasteiger partial charge in [-0.1, -0.05) is 6.92 Å². The normalized spacial score (nSPS) is 12.2. The lowest BCUT2D eigenvalue weighted by molar-refractivity contribution is -0.139. The molecule has 5 heteroatoms. The third-order valence-electron chi connectivity index (χ3n) is 3.81. The number of nitrogens with one attached hydrogen (secondary N) is 1. The first-order valence-corrected chi connectivity index (χ1v) is 7.38. The Hall–Kier alpha value is -2.17. The fraction of sp³-hybridized carbons (Fsp3) is 0.412. The number of pyridine rings is 1. The molecule has 1 aromatic heterocycles. The van der Waals surface area contributed by atoms with Gasteiger partial charge in [0.1, 0.15) is 5.82 Å². The number of esters is 1. The summed E-state index contributed by atoms with van der Waals surface area (Å²) in [4.78, 5) is 16.2. The van der Waals surface area contributed by atoms with Crippen LogP contribution < -0.4 is 5.32 Å². The van der Waals surface area contributed by atoms with Crippen LogP contribution in [0.2, 0.25) is 0 Å². The van der Waals surface area contributed by atoms with Gasteiger partial charge < -0.3 is 10.1 Å². The number of benzene rings is 1. The maximum atomic E-state index is 13.6. The molecule has 0 radical (unpaired) electrons. The van der Waals surface area contributed by atoms with E-state index in [1.807, 2.05) is 13.8 Å². The quantitative estimate of drug-likeness (QED) is 0.857. The number of ether oxygens (including phenoxy) is 1. The number of carbonyl (C=O) groups excluding carboxylic acids is 1. The fourth-order valence-corrected chi connectivity index (χ4v) is 2.34. The first-order valence-electron chi connectivity index (χ1n) is 7.38. The second kappa shape index (κ2) is 6.73. The molecule has 22 heavy (non-hydrogen) atoms. The van der Waals surface area contributed by atoms with Crippen LogP contribution in [0.15, 0.2) is 18.2 Å². The van der Waals surface area contributed by atoms with E-state index in [9.17, 15) is 9.18 Å². The third-order valence-corrected chi connectivity index (χ3v) is 3.81. The smallest absolute Gasteiger partial charge is 0.310 e. The number of hydrogen-bond acceptors (Lipinski definition) is 4. The van der Waals surface area contributed by atoms with E-state index < -0.39 is 0 Å². The van der Waals surface area contributed by atoms with Crippen LogP contribution in [-0.4, -0.2) is 24.1 Å². The minimum Gasteiger partial charge on any atom is -0.469 e. The minimum absolute atomic E-state index is 0.112. The van der Waals surface area contributed by atoms with Crippen molar-refractivity contribution in [3.63, 3.8) is 0 Å². The van der Waals surface area contributed by atoms with E-state index in [0.717, 1.165) is 23.4 Å². The van der Waals surface area contributed by atoms with Crippen LogP contribution in [0.25, 0.3) is 10.9 Å². The number of aryl methyl sites for hydroxylation is 1. The number of halogens is 1. The molecule has 0 bridgehead atoms. The predicted octanol–water partition coefficient (Wildman–Crippen LogP) is 3.61. The number of anilines is 1. The summed E-state index contributed by atoms with van der Waals surface area (Å²) in [5.74, 6) is -0.665. The molecular weight excluding hydrogens is 283 g/mol. The monoisotopic (exact) mass is 304 g/mol. The van der Waals surface area contributed by atoms with Crippen LogP contribution in [0, 0.1) is 12.7 Å². The Morgan fingerprint density at radius 2 is 2.18 bits per heavy atom. The lowest BCUT2D eigenvalue weighted by Crippen LogP contribution is -2.18. The maximum absolute atomic E-state index is 13.6. The van der Waals surface area contributed by atoms with E-state index in [1.54, 1.807) is 6.07 Å². The first kappa shape index (κ1) is 16.2. The summed E-state index contributed by atoms with van der Waals surface area (Å²) in [6.45, 7) is 5.96. The average Bonchev–Trinajstić information content (AvgIpc) is 2.50. The summed E-state index contributed by atoms with van der Waals surface area (Å²) in [7, 11) is 1.35. The fourth-order valence-electron chi connectivity index (χ4n) is 2.34. The van der Waals surface area contributed by atoms with Gasteiger partial charge in [0, 0.05) is 28.4 Å². The van der Waals surface area contributed by atoms with Crippen molar-refractivity contribution in [2.75, 3.05) is 12.4 Å². The molecule has 1 N–H and O–H groups in total. The molecule has 2 aromatic rings. The minimum atomic E-state index is -0.340. The van der Waals surface area contributed by atoms with Gasteiger partial charge >= 0.3 is 5.97 Å². The van der Waals surface area contributed by atoms with Gasteiger partial charge in [-0.05, 0) is 38.5 Å². The van der Waals surface area contributed by atoms with Crippen molar-refractivity contribution in [3.05, 3.63) is 35.3 Å². The van der Waals surface area contributed by atoms with E-state index in [4.69, 9.17) is 4.74 Å². The topological polar surface area (TPSA) is 51.2 Å². The Bertz CT molecular complexity index is 701. The second-order valence-corrected chi connectivity index (χ2v) is 5.42. The predicted molar refractivity (Wildman–Crippen MR) is 85.5 cm³/mol. The molecule has 1 heterocycles. The summed E-state index contributed by atoms with van der Waals surface area (Å²) < 4.78 is 18.4. The number of fused-ring (bicyclic) bond motifs is 1. The van der Waals surface area contributed by atoms with Crippen LogP contribution >= 0.6 is 0 Å². The standard InChI is InChI=1S/C17H21FN2O2/c1-5-10(2)19-17-13(9-16(21)22-4)11(3)20-15-7-6-12(18)8-14(15)17/h6-8,10H,5,9H2,1-4H3,(H,19,20). The molecular formula is C17H21FN2O2. The van der Waals surface area contributed by atoms with Gasteiger partial charge in [0.15, 0.2) is 0 Å². The van der Waals surface area contributed by atoms with Gasteiger partial charge in [0.2, 0.25) is 0 Å². The van der Waals surface area contributed by atoms with E-state index in [1.165, 1.54) is 19.2 Å². The van der Waals surface area contributed by atoms with Crippen molar-refractivity contribution in [3.8, 4) is 0 Å². The Kier molecular flexibility index (Phi) is 4.96. The number of hydrogen-bond donors (Lipinski definition) is 1. The van der Waals surface area contributed by atoms with E-state index in [0.29, 0.717) is 10.9 Å². The second-order valence-electron chi connectivity index (χ2n) is 5.42.